The molecule has 1 rings (SSSR count). The number of ether oxygens (including phenoxy) is 1. The average Bonchev–Trinajstić information content (AvgIpc) is 2.26. The first-order valence-corrected chi connectivity index (χ1v) is 5.46. The maximum atomic E-state index is 13.3. The van der Waals surface area contributed by atoms with Crippen molar-refractivity contribution < 1.29 is 14.1 Å². The average molecular weight is 245 g/mol. The Bertz CT molecular complexity index is 373. The number of nitro groups is 1. The van der Waals surface area contributed by atoms with Crippen LogP contribution in [0.5, 0.6) is 5.75 Å². The molecule has 0 amide bonds. The highest BCUT2D eigenvalue weighted by atomic mass is 32.1. The Balaban J connectivity index is 2.57. The molecule has 0 aliphatic carbocycles. The zero-order chi connectivity index (χ0) is 12.0. The van der Waals surface area contributed by atoms with Crippen molar-refractivity contribution in [2.45, 2.75) is 12.8 Å². The van der Waals surface area contributed by atoms with E-state index in [2.05, 4.69) is 12.6 Å². The van der Waals surface area contributed by atoms with E-state index in [0.29, 0.717) is 6.61 Å². The molecule has 0 aliphatic rings. The van der Waals surface area contributed by atoms with E-state index in [9.17, 15) is 14.5 Å². The van der Waals surface area contributed by atoms with Crippen molar-refractivity contribution >= 4 is 18.3 Å². The molecule has 6 heteroatoms. The molecule has 0 aliphatic heterocycles. The van der Waals surface area contributed by atoms with E-state index >= 15 is 0 Å². The van der Waals surface area contributed by atoms with Gasteiger partial charge < -0.3 is 4.74 Å². The Kier molecular flexibility index (Phi) is 5.04. The molecule has 0 heterocycles. The lowest BCUT2D eigenvalue weighted by Crippen LogP contribution is -2.00. The van der Waals surface area contributed by atoms with E-state index in [-0.39, 0.29) is 11.4 Å². The first-order valence-electron chi connectivity index (χ1n) is 4.82. The van der Waals surface area contributed by atoms with Gasteiger partial charge in [-0.2, -0.15) is 12.6 Å². The second-order valence-corrected chi connectivity index (χ2v) is 3.60. The summed E-state index contributed by atoms with van der Waals surface area (Å²) in [5.74, 6) is 0.0939. The molecule has 4 nitrogen and oxygen atoms in total. The number of nitrogens with zero attached hydrogens (tertiary/aromatic N) is 1. The molecule has 0 aromatic heterocycles. The summed E-state index contributed by atoms with van der Waals surface area (Å²) in [7, 11) is 0. The standard InChI is InChI=1S/C10H12FNO3S/c11-9-7-8(12(13)14)3-4-10(9)15-5-1-2-6-16/h3-4,7,16H,1-2,5-6H2. The molecule has 0 bridgehead atoms. The Labute approximate surface area is 98.0 Å². The number of non-ortho nitro benzene ring substituents is 1. The topological polar surface area (TPSA) is 52.4 Å². The highest BCUT2D eigenvalue weighted by Crippen LogP contribution is 2.22. The minimum atomic E-state index is -0.708. The summed E-state index contributed by atoms with van der Waals surface area (Å²) in [4.78, 5) is 9.71. The third kappa shape index (κ3) is 3.69. The van der Waals surface area contributed by atoms with Gasteiger partial charge in [0.25, 0.3) is 5.69 Å². The van der Waals surface area contributed by atoms with Crippen molar-refractivity contribution in [2.24, 2.45) is 0 Å². The van der Waals surface area contributed by atoms with Crippen LogP contribution >= 0.6 is 12.6 Å². The van der Waals surface area contributed by atoms with Crippen molar-refractivity contribution in [1.29, 1.82) is 0 Å². The van der Waals surface area contributed by atoms with E-state index in [0.717, 1.165) is 24.7 Å². The van der Waals surface area contributed by atoms with Crippen LogP contribution in [-0.2, 0) is 0 Å². The molecule has 0 saturated carbocycles. The molecule has 1 aromatic rings. The van der Waals surface area contributed by atoms with Crippen molar-refractivity contribution in [3.05, 3.63) is 34.1 Å². The highest BCUT2D eigenvalue weighted by Gasteiger charge is 2.11. The highest BCUT2D eigenvalue weighted by molar-refractivity contribution is 7.80. The molecule has 88 valence electrons. The molecule has 0 N–H and O–H groups in total. The summed E-state index contributed by atoms with van der Waals surface area (Å²) in [5, 5.41) is 10.4. The first-order chi connectivity index (χ1) is 7.65. The number of hydrogen-bond donors (Lipinski definition) is 1. The van der Waals surface area contributed by atoms with Gasteiger partial charge in [0.1, 0.15) is 0 Å². The summed E-state index contributed by atoms with van der Waals surface area (Å²) in [5.41, 5.74) is -0.278. The maximum absolute atomic E-state index is 13.3. The monoisotopic (exact) mass is 245 g/mol. The van der Waals surface area contributed by atoms with Crippen LogP contribution in [0.1, 0.15) is 12.8 Å². The zero-order valence-corrected chi connectivity index (χ0v) is 9.45. The van der Waals surface area contributed by atoms with Gasteiger partial charge in [-0.05, 0) is 24.7 Å². The van der Waals surface area contributed by atoms with Gasteiger partial charge >= 0.3 is 0 Å². The predicted molar refractivity (Wildman–Crippen MR) is 61.6 cm³/mol. The summed E-state index contributed by atoms with van der Waals surface area (Å²) in [6.45, 7) is 0.384. The van der Waals surface area contributed by atoms with Gasteiger partial charge in [0.05, 0.1) is 17.6 Å². The number of thiol groups is 1. The maximum Gasteiger partial charge on any atom is 0.272 e. The number of rotatable bonds is 6. The van der Waals surface area contributed by atoms with Gasteiger partial charge in [0.2, 0.25) is 0 Å². The van der Waals surface area contributed by atoms with Crippen LogP contribution in [0.25, 0.3) is 0 Å². The van der Waals surface area contributed by atoms with Gasteiger partial charge in [-0.1, -0.05) is 0 Å². The van der Waals surface area contributed by atoms with Gasteiger partial charge in [-0.3, -0.25) is 10.1 Å². The Morgan fingerprint density at radius 2 is 2.19 bits per heavy atom. The molecule has 0 radical (unpaired) electrons. The second-order valence-electron chi connectivity index (χ2n) is 3.15. The molecule has 0 saturated heterocycles. The Morgan fingerprint density at radius 1 is 1.44 bits per heavy atom. The minimum absolute atomic E-state index is 0.0461. The largest absolute Gasteiger partial charge is 0.491 e. The molecule has 0 spiro atoms. The summed E-state index contributed by atoms with van der Waals surface area (Å²) in [6.07, 6.45) is 1.66. The lowest BCUT2D eigenvalue weighted by Gasteiger charge is -2.06. The summed E-state index contributed by atoms with van der Waals surface area (Å²) < 4.78 is 18.4. The molecule has 1 aromatic carbocycles. The van der Waals surface area contributed by atoms with Gasteiger partial charge in [0.15, 0.2) is 11.6 Å². The third-order valence-electron chi connectivity index (χ3n) is 1.94. The van der Waals surface area contributed by atoms with Gasteiger partial charge in [0, 0.05) is 6.07 Å². The van der Waals surface area contributed by atoms with Gasteiger partial charge in [-0.15, -0.1) is 0 Å². The molecule has 16 heavy (non-hydrogen) atoms. The summed E-state index contributed by atoms with van der Waals surface area (Å²) >= 11 is 4.03. The fourth-order valence-electron chi connectivity index (χ4n) is 1.12. The smallest absolute Gasteiger partial charge is 0.272 e. The van der Waals surface area contributed by atoms with Gasteiger partial charge in [-0.25, -0.2) is 4.39 Å². The molecular weight excluding hydrogens is 233 g/mol. The summed E-state index contributed by atoms with van der Waals surface area (Å²) in [6, 6.07) is 3.35. The van der Waals surface area contributed by atoms with E-state index in [1.54, 1.807) is 0 Å². The first kappa shape index (κ1) is 12.8. The SMILES string of the molecule is O=[N+]([O-])c1ccc(OCCCCS)c(F)c1. The van der Waals surface area contributed by atoms with Crippen molar-refractivity contribution in [3.8, 4) is 5.75 Å². The normalized spacial score (nSPS) is 10.1. The number of nitro benzene ring substituents is 1. The van der Waals surface area contributed by atoms with Crippen LogP contribution in [0.4, 0.5) is 10.1 Å². The van der Waals surface area contributed by atoms with E-state index < -0.39 is 10.7 Å². The molecule has 0 fully saturated rings. The predicted octanol–water partition coefficient (Wildman–Crippen LogP) is 2.82. The molecule has 0 atom stereocenters. The van der Waals surface area contributed by atoms with Crippen molar-refractivity contribution in [1.82, 2.24) is 0 Å². The zero-order valence-electron chi connectivity index (χ0n) is 8.56. The van der Waals surface area contributed by atoms with E-state index in [4.69, 9.17) is 4.74 Å². The Morgan fingerprint density at radius 3 is 2.75 bits per heavy atom. The Hall–Kier alpha value is -1.30. The second kappa shape index (κ2) is 6.32. The van der Waals surface area contributed by atoms with E-state index in [1.165, 1.54) is 12.1 Å². The van der Waals surface area contributed by atoms with Crippen LogP contribution in [0.15, 0.2) is 18.2 Å². The van der Waals surface area contributed by atoms with Crippen LogP contribution in [0.3, 0.4) is 0 Å². The van der Waals surface area contributed by atoms with E-state index in [1.807, 2.05) is 0 Å². The number of unbranched alkanes of at least 4 members (excludes halogenated alkanes) is 1. The molecule has 0 unspecified atom stereocenters. The fraction of sp³-hybridized carbons (Fsp3) is 0.400. The van der Waals surface area contributed by atoms with Crippen LogP contribution < -0.4 is 4.74 Å². The van der Waals surface area contributed by atoms with Crippen LogP contribution in [0.2, 0.25) is 0 Å². The third-order valence-corrected chi connectivity index (χ3v) is 2.25. The minimum Gasteiger partial charge on any atom is -0.491 e. The van der Waals surface area contributed by atoms with Crippen LogP contribution in [-0.4, -0.2) is 17.3 Å². The van der Waals surface area contributed by atoms with Crippen molar-refractivity contribution in [3.63, 3.8) is 0 Å². The fourth-order valence-corrected chi connectivity index (χ4v) is 1.34. The number of halogens is 1. The van der Waals surface area contributed by atoms with Crippen molar-refractivity contribution in [2.75, 3.05) is 12.4 Å². The number of benzene rings is 1. The van der Waals surface area contributed by atoms with Crippen LogP contribution in [0, 0.1) is 15.9 Å². The lowest BCUT2D eigenvalue weighted by molar-refractivity contribution is -0.385. The quantitative estimate of drug-likeness (QED) is 0.363. The molecular formula is C10H12FNO3S. The lowest BCUT2D eigenvalue weighted by atomic mass is 10.3. The number of hydrogen-bond acceptors (Lipinski definition) is 4.